The molecule has 0 heterocycles. The topological polar surface area (TPSA) is 58.9 Å². The molecule has 0 aliphatic rings. The minimum atomic E-state index is -0.675. The summed E-state index contributed by atoms with van der Waals surface area (Å²) in [7, 11) is 0. The standard InChI is InChI=1S/C17H20O4/c18-10-14-6-8-17(9-7-14)21-13-16(19)12-20-11-15-4-2-1-3-5-15/h1-9,16,18-19H,10-13H2. The average molecular weight is 288 g/mol. The Labute approximate surface area is 124 Å². The molecule has 2 aromatic rings. The Bertz CT molecular complexity index is 510. The first-order chi connectivity index (χ1) is 10.3. The average Bonchev–Trinajstić information content (AvgIpc) is 2.54. The van der Waals surface area contributed by atoms with E-state index in [0.29, 0.717) is 12.4 Å². The Balaban J connectivity index is 1.66. The summed E-state index contributed by atoms with van der Waals surface area (Å²) in [5, 5.41) is 18.7. The lowest BCUT2D eigenvalue weighted by molar-refractivity contribution is 0.00548. The van der Waals surface area contributed by atoms with Gasteiger partial charge in [0.15, 0.2) is 0 Å². The SMILES string of the molecule is OCc1ccc(OCC(O)COCc2ccccc2)cc1. The molecule has 2 N–H and O–H groups in total. The zero-order chi connectivity index (χ0) is 14.9. The van der Waals surface area contributed by atoms with Crippen LogP contribution in [-0.2, 0) is 18.0 Å². The molecule has 0 aromatic heterocycles. The molecule has 2 rings (SSSR count). The van der Waals surface area contributed by atoms with Crippen LogP contribution in [0.4, 0.5) is 0 Å². The van der Waals surface area contributed by atoms with Crippen molar-refractivity contribution in [3.05, 3.63) is 65.7 Å². The molecule has 0 aliphatic heterocycles. The van der Waals surface area contributed by atoms with Crippen LogP contribution in [0.15, 0.2) is 54.6 Å². The van der Waals surface area contributed by atoms with Crippen LogP contribution in [0, 0.1) is 0 Å². The number of hydrogen-bond donors (Lipinski definition) is 2. The zero-order valence-electron chi connectivity index (χ0n) is 11.8. The van der Waals surface area contributed by atoms with Crippen molar-refractivity contribution in [3.8, 4) is 5.75 Å². The van der Waals surface area contributed by atoms with E-state index < -0.39 is 6.10 Å². The molecule has 0 aliphatic carbocycles. The molecular weight excluding hydrogens is 268 g/mol. The summed E-state index contributed by atoms with van der Waals surface area (Å²) >= 11 is 0. The normalized spacial score (nSPS) is 12.1. The molecule has 2 aromatic carbocycles. The van der Waals surface area contributed by atoms with Gasteiger partial charge in [0.1, 0.15) is 18.5 Å². The van der Waals surface area contributed by atoms with Crippen molar-refractivity contribution in [2.24, 2.45) is 0 Å². The van der Waals surface area contributed by atoms with E-state index in [0.717, 1.165) is 11.1 Å². The van der Waals surface area contributed by atoms with Gasteiger partial charge in [-0.25, -0.2) is 0 Å². The molecule has 0 bridgehead atoms. The second-order valence-electron chi connectivity index (χ2n) is 4.77. The minimum Gasteiger partial charge on any atom is -0.491 e. The Morgan fingerprint density at radius 2 is 1.57 bits per heavy atom. The van der Waals surface area contributed by atoms with E-state index in [1.807, 2.05) is 30.3 Å². The largest absolute Gasteiger partial charge is 0.491 e. The van der Waals surface area contributed by atoms with Gasteiger partial charge in [-0.1, -0.05) is 42.5 Å². The first-order valence-electron chi connectivity index (χ1n) is 6.90. The molecule has 4 nitrogen and oxygen atoms in total. The summed E-state index contributed by atoms with van der Waals surface area (Å²) in [6, 6.07) is 16.9. The number of aliphatic hydroxyl groups is 2. The molecule has 0 saturated carbocycles. The van der Waals surface area contributed by atoms with Crippen LogP contribution < -0.4 is 4.74 Å². The van der Waals surface area contributed by atoms with Crippen molar-refractivity contribution in [2.75, 3.05) is 13.2 Å². The van der Waals surface area contributed by atoms with Crippen LogP contribution in [-0.4, -0.2) is 29.5 Å². The Kier molecular flexibility index (Phi) is 6.22. The molecule has 4 heteroatoms. The maximum absolute atomic E-state index is 9.80. The highest BCUT2D eigenvalue weighted by Gasteiger charge is 2.06. The van der Waals surface area contributed by atoms with Gasteiger partial charge in [-0.15, -0.1) is 0 Å². The molecule has 0 saturated heterocycles. The van der Waals surface area contributed by atoms with Gasteiger partial charge in [-0.3, -0.25) is 0 Å². The molecule has 0 fully saturated rings. The predicted octanol–water partition coefficient (Wildman–Crippen LogP) is 2.14. The van der Waals surface area contributed by atoms with Crippen LogP contribution in [0.3, 0.4) is 0 Å². The van der Waals surface area contributed by atoms with Crippen LogP contribution >= 0.6 is 0 Å². The van der Waals surface area contributed by atoms with Gasteiger partial charge < -0.3 is 19.7 Å². The summed E-state index contributed by atoms with van der Waals surface area (Å²) in [5.74, 6) is 0.661. The van der Waals surface area contributed by atoms with Crippen molar-refractivity contribution in [1.82, 2.24) is 0 Å². The van der Waals surface area contributed by atoms with Gasteiger partial charge in [-0.2, -0.15) is 0 Å². The lowest BCUT2D eigenvalue weighted by atomic mass is 10.2. The zero-order valence-corrected chi connectivity index (χ0v) is 11.8. The lowest BCUT2D eigenvalue weighted by Crippen LogP contribution is -2.23. The van der Waals surface area contributed by atoms with Crippen LogP contribution in [0.5, 0.6) is 5.75 Å². The highest BCUT2D eigenvalue weighted by atomic mass is 16.5. The predicted molar refractivity (Wildman–Crippen MR) is 80.0 cm³/mol. The Morgan fingerprint density at radius 3 is 2.24 bits per heavy atom. The summed E-state index contributed by atoms with van der Waals surface area (Å²) in [6.45, 7) is 0.885. The third kappa shape index (κ3) is 5.55. The van der Waals surface area contributed by atoms with Gasteiger partial charge in [-0.05, 0) is 23.3 Å². The Hall–Kier alpha value is -1.88. The first kappa shape index (κ1) is 15.5. The molecule has 0 radical (unpaired) electrons. The van der Waals surface area contributed by atoms with E-state index in [1.54, 1.807) is 24.3 Å². The fourth-order valence-electron chi connectivity index (χ4n) is 1.82. The number of benzene rings is 2. The number of ether oxygens (including phenoxy) is 2. The summed E-state index contributed by atoms with van der Waals surface area (Å²) in [4.78, 5) is 0. The minimum absolute atomic E-state index is 0.0101. The third-order valence-electron chi connectivity index (χ3n) is 2.97. The molecule has 1 atom stereocenters. The highest BCUT2D eigenvalue weighted by Crippen LogP contribution is 2.12. The van der Waals surface area contributed by atoms with Gasteiger partial charge in [0, 0.05) is 0 Å². The van der Waals surface area contributed by atoms with Crippen molar-refractivity contribution in [3.63, 3.8) is 0 Å². The molecule has 21 heavy (non-hydrogen) atoms. The fraction of sp³-hybridized carbons (Fsp3) is 0.294. The van der Waals surface area contributed by atoms with Crippen molar-refractivity contribution < 1.29 is 19.7 Å². The number of aliphatic hydroxyl groups excluding tert-OH is 2. The van der Waals surface area contributed by atoms with Crippen LogP contribution in [0.2, 0.25) is 0 Å². The van der Waals surface area contributed by atoms with Crippen molar-refractivity contribution in [2.45, 2.75) is 19.3 Å². The summed E-state index contributed by atoms with van der Waals surface area (Å²) in [5.41, 5.74) is 1.90. The second kappa shape index (κ2) is 8.42. The molecule has 0 amide bonds. The van der Waals surface area contributed by atoms with Gasteiger partial charge >= 0.3 is 0 Å². The number of hydrogen-bond acceptors (Lipinski definition) is 4. The van der Waals surface area contributed by atoms with E-state index in [2.05, 4.69) is 0 Å². The molecule has 0 spiro atoms. The van der Waals surface area contributed by atoms with E-state index in [9.17, 15) is 5.11 Å². The monoisotopic (exact) mass is 288 g/mol. The lowest BCUT2D eigenvalue weighted by Gasteiger charge is -2.13. The van der Waals surface area contributed by atoms with E-state index >= 15 is 0 Å². The van der Waals surface area contributed by atoms with Crippen LogP contribution in [0.25, 0.3) is 0 Å². The van der Waals surface area contributed by atoms with Crippen molar-refractivity contribution >= 4 is 0 Å². The smallest absolute Gasteiger partial charge is 0.119 e. The van der Waals surface area contributed by atoms with Crippen molar-refractivity contribution in [1.29, 1.82) is 0 Å². The summed E-state index contributed by atoms with van der Waals surface area (Å²) in [6.07, 6.45) is -0.675. The highest BCUT2D eigenvalue weighted by molar-refractivity contribution is 5.26. The van der Waals surface area contributed by atoms with Gasteiger partial charge in [0.05, 0.1) is 19.8 Å². The van der Waals surface area contributed by atoms with E-state index in [4.69, 9.17) is 14.6 Å². The van der Waals surface area contributed by atoms with E-state index in [1.165, 1.54) is 0 Å². The third-order valence-corrected chi connectivity index (χ3v) is 2.97. The quantitative estimate of drug-likeness (QED) is 0.781. The molecular formula is C17H20O4. The van der Waals surface area contributed by atoms with E-state index in [-0.39, 0.29) is 19.8 Å². The second-order valence-corrected chi connectivity index (χ2v) is 4.77. The van der Waals surface area contributed by atoms with Crippen LogP contribution in [0.1, 0.15) is 11.1 Å². The van der Waals surface area contributed by atoms with Gasteiger partial charge in [0.2, 0.25) is 0 Å². The maximum Gasteiger partial charge on any atom is 0.119 e. The molecule has 112 valence electrons. The Morgan fingerprint density at radius 1 is 0.857 bits per heavy atom. The maximum atomic E-state index is 9.80. The number of rotatable bonds is 8. The fourth-order valence-corrected chi connectivity index (χ4v) is 1.82. The van der Waals surface area contributed by atoms with Gasteiger partial charge in [0.25, 0.3) is 0 Å². The molecule has 1 unspecified atom stereocenters. The summed E-state index contributed by atoms with van der Waals surface area (Å²) < 4.78 is 10.9. The first-order valence-corrected chi connectivity index (χ1v) is 6.90.